The van der Waals surface area contributed by atoms with Crippen LogP contribution in [-0.4, -0.2) is 33.4 Å². The molecule has 2 rings (SSSR count). The van der Waals surface area contributed by atoms with Gasteiger partial charge in [-0.1, -0.05) is 30.3 Å². The molecule has 0 saturated carbocycles. The third-order valence-electron chi connectivity index (χ3n) is 3.07. The first kappa shape index (κ1) is 16.1. The highest BCUT2D eigenvalue weighted by atomic mass is 32.2. The zero-order valence-corrected chi connectivity index (χ0v) is 13.0. The molecular weight excluding hydrogens is 302 g/mol. The van der Waals surface area contributed by atoms with Crippen LogP contribution in [0.2, 0.25) is 0 Å². The zero-order valence-electron chi connectivity index (χ0n) is 12.2. The number of hydrogen-bond acceptors (Lipinski definition) is 5. The monoisotopic (exact) mass is 319 g/mol. The summed E-state index contributed by atoms with van der Waals surface area (Å²) in [7, 11) is 0. The van der Waals surface area contributed by atoms with Crippen molar-refractivity contribution in [1.82, 2.24) is 9.55 Å². The van der Waals surface area contributed by atoms with E-state index in [9.17, 15) is 9.59 Å². The van der Waals surface area contributed by atoms with Gasteiger partial charge < -0.3 is 10.4 Å². The summed E-state index contributed by atoms with van der Waals surface area (Å²) in [5, 5.41) is 12.4. The van der Waals surface area contributed by atoms with E-state index in [1.165, 1.54) is 22.5 Å². The fourth-order valence-electron chi connectivity index (χ4n) is 2.01. The molecule has 22 heavy (non-hydrogen) atoms. The number of carboxylic acids is 1. The van der Waals surface area contributed by atoms with Crippen molar-refractivity contribution in [2.45, 2.75) is 18.0 Å². The van der Waals surface area contributed by atoms with E-state index in [1.807, 2.05) is 30.3 Å². The van der Waals surface area contributed by atoms with Crippen LogP contribution in [0.4, 0.5) is 5.82 Å². The summed E-state index contributed by atoms with van der Waals surface area (Å²) in [6.07, 6.45) is 4.04. The molecule has 0 unspecified atom stereocenters. The number of aliphatic carboxylic acids is 1. The van der Waals surface area contributed by atoms with Gasteiger partial charge in [0.1, 0.15) is 6.54 Å². The second-order valence-corrected chi connectivity index (χ2v) is 5.42. The van der Waals surface area contributed by atoms with E-state index in [2.05, 4.69) is 10.3 Å². The molecule has 0 fully saturated rings. The fraction of sp³-hybridized carbons (Fsp3) is 0.267. The Labute approximate surface area is 132 Å². The SMILES string of the molecule is CSc1cnc(NCCc2ccccc2)c(=O)n1CC(=O)O. The van der Waals surface area contributed by atoms with Gasteiger partial charge in [0.2, 0.25) is 0 Å². The quantitative estimate of drug-likeness (QED) is 0.756. The number of carboxylic acid groups (broad SMARTS) is 1. The predicted molar refractivity (Wildman–Crippen MR) is 86.5 cm³/mol. The Morgan fingerprint density at radius 1 is 1.36 bits per heavy atom. The van der Waals surface area contributed by atoms with Crippen LogP contribution in [0.3, 0.4) is 0 Å². The Morgan fingerprint density at radius 2 is 2.09 bits per heavy atom. The number of anilines is 1. The maximum Gasteiger partial charge on any atom is 0.323 e. The Morgan fingerprint density at radius 3 is 2.73 bits per heavy atom. The molecule has 0 aliphatic carbocycles. The molecule has 2 N–H and O–H groups in total. The Balaban J connectivity index is 2.11. The van der Waals surface area contributed by atoms with Gasteiger partial charge in [0.15, 0.2) is 5.82 Å². The van der Waals surface area contributed by atoms with E-state index < -0.39 is 11.5 Å². The number of nitrogens with zero attached hydrogens (tertiary/aromatic N) is 2. The molecule has 0 saturated heterocycles. The minimum Gasteiger partial charge on any atom is -0.480 e. The van der Waals surface area contributed by atoms with Crippen molar-refractivity contribution in [1.29, 1.82) is 0 Å². The molecular formula is C15H17N3O3S. The molecule has 116 valence electrons. The van der Waals surface area contributed by atoms with Crippen LogP contribution in [0.25, 0.3) is 0 Å². The number of rotatable bonds is 7. The minimum absolute atomic E-state index is 0.176. The smallest absolute Gasteiger partial charge is 0.323 e. The molecule has 0 radical (unpaired) electrons. The normalized spacial score (nSPS) is 10.4. The molecule has 7 heteroatoms. The summed E-state index contributed by atoms with van der Waals surface area (Å²) in [5.41, 5.74) is 0.740. The average Bonchev–Trinajstić information content (AvgIpc) is 2.51. The van der Waals surface area contributed by atoms with Crippen molar-refractivity contribution in [3.05, 3.63) is 52.4 Å². The number of aromatic nitrogens is 2. The first-order chi connectivity index (χ1) is 10.6. The highest BCUT2D eigenvalue weighted by Gasteiger charge is 2.12. The lowest BCUT2D eigenvalue weighted by molar-refractivity contribution is -0.137. The zero-order chi connectivity index (χ0) is 15.9. The molecule has 0 atom stereocenters. The second kappa shape index (κ2) is 7.65. The van der Waals surface area contributed by atoms with E-state index in [-0.39, 0.29) is 12.4 Å². The van der Waals surface area contributed by atoms with Crippen LogP contribution in [-0.2, 0) is 17.8 Å². The molecule has 2 aromatic rings. The fourth-order valence-corrected chi connectivity index (χ4v) is 2.54. The topological polar surface area (TPSA) is 84.2 Å². The minimum atomic E-state index is -1.06. The lowest BCUT2D eigenvalue weighted by Gasteiger charge is -2.11. The summed E-state index contributed by atoms with van der Waals surface area (Å²) in [4.78, 5) is 27.3. The third-order valence-corrected chi connectivity index (χ3v) is 3.81. The molecule has 0 aliphatic heterocycles. The van der Waals surface area contributed by atoms with E-state index in [4.69, 9.17) is 5.11 Å². The van der Waals surface area contributed by atoms with Crippen molar-refractivity contribution in [3.8, 4) is 0 Å². The first-order valence-corrected chi connectivity index (χ1v) is 7.97. The lowest BCUT2D eigenvalue weighted by Crippen LogP contribution is -2.29. The van der Waals surface area contributed by atoms with Crippen molar-refractivity contribution >= 4 is 23.5 Å². The highest BCUT2D eigenvalue weighted by Crippen LogP contribution is 2.12. The van der Waals surface area contributed by atoms with Gasteiger partial charge in [0.05, 0.1) is 11.2 Å². The number of benzene rings is 1. The number of carbonyl (C=O) groups is 1. The van der Waals surface area contributed by atoms with Gasteiger partial charge in [-0.2, -0.15) is 0 Å². The van der Waals surface area contributed by atoms with Gasteiger partial charge >= 0.3 is 5.97 Å². The summed E-state index contributed by atoms with van der Waals surface area (Å²) in [6.45, 7) is 0.183. The van der Waals surface area contributed by atoms with Gasteiger partial charge in [-0.15, -0.1) is 11.8 Å². The van der Waals surface area contributed by atoms with Crippen molar-refractivity contribution < 1.29 is 9.90 Å². The Hall–Kier alpha value is -2.28. The van der Waals surface area contributed by atoms with Gasteiger partial charge in [-0.25, -0.2) is 4.98 Å². The molecule has 1 heterocycles. The van der Waals surface area contributed by atoms with Gasteiger partial charge in [-0.05, 0) is 18.2 Å². The summed E-state index contributed by atoms with van der Waals surface area (Å²) >= 11 is 1.29. The van der Waals surface area contributed by atoms with E-state index in [0.717, 1.165) is 12.0 Å². The third kappa shape index (κ3) is 4.11. The highest BCUT2D eigenvalue weighted by molar-refractivity contribution is 7.98. The van der Waals surface area contributed by atoms with Crippen LogP contribution < -0.4 is 10.9 Å². The van der Waals surface area contributed by atoms with Gasteiger partial charge in [-0.3, -0.25) is 14.2 Å². The molecule has 1 aromatic heterocycles. The van der Waals surface area contributed by atoms with E-state index >= 15 is 0 Å². The molecule has 0 spiro atoms. The molecule has 6 nitrogen and oxygen atoms in total. The van der Waals surface area contributed by atoms with Crippen molar-refractivity contribution in [2.75, 3.05) is 18.1 Å². The second-order valence-electron chi connectivity index (χ2n) is 4.60. The molecule has 1 aromatic carbocycles. The lowest BCUT2D eigenvalue weighted by atomic mass is 10.1. The van der Waals surface area contributed by atoms with Crippen LogP contribution in [0, 0.1) is 0 Å². The maximum atomic E-state index is 12.3. The van der Waals surface area contributed by atoms with E-state index in [0.29, 0.717) is 11.6 Å². The largest absolute Gasteiger partial charge is 0.480 e. The Kier molecular flexibility index (Phi) is 5.60. The van der Waals surface area contributed by atoms with Crippen LogP contribution in [0.15, 0.2) is 46.3 Å². The summed E-state index contributed by atoms with van der Waals surface area (Å²) < 4.78 is 1.21. The number of hydrogen-bond donors (Lipinski definition) is 2. The van der Waals surface area contributed by atoms with Crippen molar-refractivity contribution in [3.63, 3.8) is 0 Å². The molecule has 0 amide bonds. The van der Waals surface area contributed by atoms with E-state index in [1.54, 1.807) is 6.26 Å². The first-order valence-electron chi connectivity index (χ1n) is 6.75. The summed E-state index contributed by atoms with van der Waals surface area (Å²) in [5.74, 6) is -0.881. The number of thioether (sulfide) groups is 1. The van der Waals surface area contributed by atoms with Gasteiger partial charge in [0, 0.05) is 6.54 Å². The van der Waals surface area contributed by atoms with Crippen LogP contribution in [0.5, 0.6) is 0 Å². The van der Waals surface area contributed by atoms with Crippen LogP contribution in [0.1, 0.15) is 5.56 Å². The average molecular weight is 319 g/mol. The van der Waals surface area contributed by atoms with Crippen LogP contribution >= 0.6 is 11.8 Å². The maximum absolute atomic E-state index is 12.3. The number of nitrogens with one attached hydrogen (secondary N) is 1. The summed E-state index contributed by atoms with van der Waals surface area (Å²) in [6, 6.07) is 9.88. The van der Waals surface area contributed by atoms with Crippen molar-refractivity contribution in [2.24, 2.45) is 0 Å². The standard InChI is InChI=1S/C15H17N3O3S/c1-22-12-9-17-14(15(21)18(12)10-13(19)20)16-8-7-11-5-3-2-4-6-11/h2-6,9H,7-8,10H2,1H3,(H,16,17)(H,19,20). The molecule has 0 bridgehead atoms. The molecule has 0 aliphatic rings. The van der Waals surface area contributed by atoms with Gasteiger partial charge in [0.25, 0.3) is 5.56 Å². The predicted octanol–water partition coefficient (Wildman–Crippen LogP) is 1.70. The Bertz CT molecular complexity index is 701.